The van der Waals surface area contributed by atoms with Gasteiger partial charge in [-0.1, -0.05) is 32.0 Å². The largest absolute Gasteiger partial charge is 0.488 e. The molecule has 4 aliphatic rings. The number of hydrogen-bond donors (Lipinski definition) is 4. The highest BCUT2D eigenvalue weighted by molar-refractivity contribution is 6.07. The number of nitrogens with one attached hydrogen (secondary N) is 3. The van der Waals surface area contributed by atoms with E-state index in [-0.39, 0.29) is 60.0 Å². The molecule has 5 N–H and O–H groups in total. The predicted octanol–water partition coefficient (Wildman–Crippen LogP) is 7.68. The van der Waals surface area contributed by atoms with E-state index < -0.39 is 18.2 Å². The molecule has 0 bridgehead atoms. The summed E-state index contributed by atoms with van der Waals surface area (Å²) in [4.78, 5) is 60.9. The first-order valence-corrected chi connectivity index (χ1v) is 22.0. The zero-order valence-electron chi connectivity index (χ0n) is 36.2. The molecule has 0 spiro atoms. The summed E-state index contributed by atoms with van der Waals surface area (Å²) in [6, 6.07) is 13.2. The molecule has 9 atom stereocenters. The van der Waals surface area contributed by atoms with E-state index in [1.807, 2.05) is 42.8 Å². The molecule has 9 rings (SSSR count). The topological polar surface area (TPSA) is 181 Å². The number of ether oxygens (including phenoxy) is 3. The zero-order valence-corrected chi connectivity index (χ0v) is 36.2. The molecule has 0 unspecified atom stereocenters. The average Bonchev–Trinajstić information content (AvgIpc) is 4.06. The molecule has 322 valence electrons. The lowest BCUT2D eigenvalue weighted by Gasteiger charge is -2.37. The fraction of sp³-hybridized carbons (Fsp3) is 0.511. The number of benzene rings is 3. The molecule has 14 heteroatoms. The molecule has 61 heavy (non-hydrogen) atoms. The van der Waals surface area contributed by atoms with Gasteiger partial charge in [-0.25, -0.2) is 14.8 Å². The standard InChI is InChI=1S/C47H58N8O6/c1-23(2)41(53-47(58)59-7)46(57)55-25(4)8-14-37(55)43-49-21-36(51-43)29-10-12-32-31(18-29)22-60-39-20-33-28(19-34(32)39)11-13-35-42(33)52-44(50-35)38-15-9-24(3)54(38)45(56)40(48)30-16-26(5)61-27(6)17-30/h10-13,18-21,23-27,30,37-38,40-41H,8-9,14-17,22,48H2,1-7H3,(H,49,51)(H,50,52)(H,53,58)/t24-,25-,26-,27+,30+,37-,38-,40-,41-/m0/s1. The first-order valence-electron chi connectivity index (χ1n) is 22.0. The maximum Gasteiger partial charge on any atom is 0.407 e. The lowest BCUT2D eigenvalue weighted by atomic mass is 9.86. The number of hydrogen-bond acceptors (Lipinski definition) is 9. The van der Waals surface area contributed by atoms with E-state index >= 15 is 0 Å². The second-order valence-corrected chi connectivity index (χ2v) is 18.2. The maximum absolute atomic E-state index is 14.1. The Morgan fingerprint density at radius 3 is 2.28 bits per heavy atom. The Kier molecular flexibility index (Phi) is 10.8. The van der Waals surface area contributed by atoms with Gasteiger partial charge in [0.1, 0.15) is 30.0 Å². The van der Waals surface area contributed by atoms with Crippen LogP contribution >= 0.6 is 0 Å². The average molecular weight is 831 g/mol. The van der Waals surface area contributed by atoms with Crippen LogP contribution in [0, 0.1) is 11.8 Å². The van der Waals surface area contributed by atoms with Crippen molar-refractivity contribution in [2.24, 2.45) is 17.6 Å². The lowest BCUT2D eigenvalue weighted by molar-refractivity contribution is -0.139. The zero-order chi connectivity index (χ0) is 42.9. The number of aromatic nitrogens is 4. The van der Waals surface area contributed by atoms with Crippen LogP contribution in [0.2, 0.25) is 0 Å². The molecule has 3 fully saturated rings. The first kappa shape index (κ1) is 40.9. The van der Waals surface area contributed by atoms with Crippen molar-refractivity contribution in [3.63, 3.8) is 0 Å². The van der Waals surface area contributed by atoms with Crippen molar-refractivity contribution in [1.82, 2.24) is 35.1 Å². The van der Waals surface area contributed by atoms with Gasteiger partial charge in [0, 0.05) is 23.0 Å². The van der Waals surface area contributed by atoms with Gasteiger partial charge in [0.05, 0.1) is 60.4 Å². The van der Waals surface area contributed by atoms with Crippen LogP contribution in [0.5, 0.6) is 5.75 Å². The van der Waals surface area contributed by atoms with Gasteiger partial charge in [-0.3, -0.25) is 9.59 Å². The minimum Gasteiger partial charge on any atom is -0.488 e. The van der Waals surface area contributed by atoms with Crippen molar-refractivity contribution in [3.8, 4) is 28.1 Å². The van der Waals surface area contributed by atoms with Crippen LogP contribution in [0.15, 0.2) is 48.7 Å². The Hall–Kier alpha value is -5.47. The number of methoxy groups -OCH3 is 1. The molecular weight excluding hydrogens is 773 g/mol. The van der Waals surface area contributed by atoms with Crippen molar-refractivity contribution in [2.45, 2.75) is 135 Å². The molecule has 3 aromatic carbocycles. The summed E-state index contributed by atoms with van der Waals surface area (Å²) < 4.78 is 17.2. The molecule has 2 aromatic heterocycles. The number of H-pyrrole nitrogens is 2. The Morgan fingerprint density at radius 1 is 0.869 bits per heavy atom. The highest BCUT2D eigenvalue weighted by Gasteiger charge is 2.43. The summed E-state index contributed by atoms with van der Waals surface area (Å²) in [6.45, 7) is 12.5. The smallest absolute Gasteiger partial charge is 0.407 e. The van der Waals surface area contributed by atoms with Crippen LogP contribution in [0.3, 0.4) is 0 Å². The van der Waals surface area contributed by atoms with Crippen molar-refractivity contribution >= 4 is 39.7 Å². The highest BCUT2D eigenvalue weighted by Crippen LogP contribution is 2.44. The van der Waals surface area contributed by atoms with Crippen LogP contribution in [0.4, 0.5) is 4.79 Å². The third-order valence-electron chi connectivity index (χ3n) is 13.7. The summed E-state index contributed by atoms with van der Waals surface area (Å²) in [5.41, 5.74) is 13.5. The normalized spacial score (nSPS) is 26.0. The monoisotopic (exact) mass is 830 g/mol. The van der Waals surface area contributed by atoms with Gasteiger partial charge < -0.3 is 45.0 Å². The number of nitrogens with two attached hydrogens (primary N) is 1. The minimum atomic E-state index is -0.710. The molecular formula is C47H58N8O6. The van der Waals surface area contributed by atoms with E-state index in [4.69, 9.17) is 29.9 Å². The predicted molar refractivity (Wildman–Crippen MR) is 232 cm³/mol. The van der Waals surface area contributed by atoms with Gasteiger partial charge in [-0.2, -0.15) is 0 Å². The van der Waals surface area contributed by atoms with Gasteiger partial charge in [0.2, 0.25) is 11.8 Å². The number of imidazole rings is 2. The third kappa shape index (κ3) is 7.41. The Bertz CT molecular complexity index is 2490. The number of fused-ring (bicyclic) bond motifs is 6. The molecule has 14 nitrogen and oxygen atoms in total. The maximum atomic E-state index is 14.1. The van der Waals surface area contributed by atoms with Crippen LogP contribution in [-0.2, 0) is 25.7 Å². The summed E-state index contributed by atoms with van der Waals surface area (Å²) in [7, 11) is 1.30. The molecule has 4 aliphatic heterocycles. The van der Waals surface area contributed by atoms with E-state index in [9.17, 15) is 14.4 Å². The molecule has 3 amide bonds. The van der Waals surface area contributed by atoms with Crippen molar-refractivity contribution in [1.29, 1.82) is 0 Å². The third-order valence-corrected chi connectivity index (χ3v) is 13.7. The van der Waals surface area contributed by atoms with E-state index in [2.05, 4.69) is 72.5 Å². The Labute approximate surface area is 356 Å². The van der Waals surface area contributed by atoms with Crippen LogP contribution in [0.1, 0.15) is 109 Å². The second-order valence-electron chi connectivity index (χ2n) is 18.2. The summed E-state index contributed by atoms with van der Waals surface area (Å²) in [5.74, 6) is 2.13. The molecule has 0 saturated carbocycles. The summed E-state index contributed by atoms with van der Waals surface area (Å²) >= 11 is 0. The highest BCUT2D eigenvalue weighted by atomic mass is 16.5. The number of likely N-dealkylation sites (tertiary alicyclic amines) is 2. The number of aromatic amines is 2. The molecule has 6 heterocycles. The minimum absolute atomic E-state index is 0.00269. The van der Waals surface area contributed by atoms with E-state index in [1.54, 1.807) is 0 Å². The van der Waals surface area contributed by atoms with E-state index in [0.29, 0.717) is 6.61 Å². The number of carbonyl (C=O) groups excluding carboxylic acids is 3. The molecule has 3 saturated heterocycles. The number of amides is 3. The van der Waals surface area contributed by atoms with Gasteiger partial charge in [0.25, 0.3) is 0 Å². The second kappa shape index (κ2) is 16.1. The van der Waals surface area contributed by atoms with Gasteiger partial charge >= 0.3 is 6.09 Å². The molecule has 0 aliphatic carbocycles. The first-order chi connectivity index (χ1) is 29.3. The lowest BCUT2D eigenvalue weighted by Crippen LogP contribution is -2.52. The van der Waals surface area contributed by atoms with Crippen LogP contribution in [-0.4, -0.2) is 91.1 Å². The number of nitrogens with zero attached hydrogens (tertiary/aromatic N) is 4. The van der Waals surface area contributed by atoms with Gasteiger partial charge in [0.15, 0.2) is 0 Å². The number of carbonyl (C=O) groups is 3. The van der Waals surface area contributed by atoms with Gasteiger partial charge in [-0.15, -0.1) is 0 Å². The van der Waals surface area contributed by atoms with Crippen molar-refractivity contribution in [2.75, 3.05) is 7.11 Å². The Morgan fingerprint density at radius 2 is 1.57 bits per heavy atom. The van der Waals surface area contributed by atoms with Crippen LogP contribution in [0.25, 0.3) is 44.2 Å². The fourth-order valence-electron chi connectivity index (χ4n) is 10.5. The SMILES string of the molecule is COC(=O)N[C@H](C(=O)N1[C@@H](C)CC[C@H]1c1ncc(-c2ccc3c(c2)COc2cc4c(ccc5nc([C@@H]6CC[C@H](C)N6C(=O)[C@@H](N)[C@H]6C[C@@H](C)O[C@@H](C)C6)[nH]c54)cc2-3)[nH]1)C(C)C. The fourth-order valence-corrected chi connectivity index (χ4v) is 10.5. The number of rotatable bonds is 8. The molecule has 5 aromatic rings. The summed E-state index contributed by atoms with van der Waals surface area (Å²) in [5, 5.41) is 4.81. The van der Waals surface area contributed by atoms with Gasteiger partial charge in [-0.05, 0) is 124 Å². The van der Waals surface area contributed by atoms with Crippen LogP contribution < -0.4 is 15.8 Å². The Balaban J connectivity index is 0.956. The quantitative estimate of drug-likeness (QED) is 0.122. The number of alkyl carbamates (subject to hydrolysis) is 1. The van der Waals surface area contributed by atoms with Crippen molar-refractivity contribution in [3.05, 3.63) is 65.9 Å². The van der Waals surface area contributed by atoms with E-state index in [1.165, 1.54) is 7.11 Å². The van der Waals surface area contributed by atoms with E-state index in [0.717, 1.165) is 106 Å². The van der Waals surface area contributed by atoms with Crippen molar-refractivity contribution < 1.29 is 28.6 Å². The summed E-state index contributed by atoms with van der Waals surface area (Å²) in [6.07, 6.45) is 6.25. The molecule has 0 radical (unpaired) electrons.